The van der Waals surface area contributed by atoms with Crippen molar-refractivity contribution < 1.29 is 4.79 Å². The Morgan fingerprint density at radius 2 is 2.21 bits per heavy atom. The van der Waals surface area contributed by atoms with Gasteiger partial charge in [-0.1, -0.05) is 6.07 Å². The third kappa shape index (κ3) is 2.96. The summed E-state index contributed by atoms with van der Waals surface area (Å²) in [6, 6.07) is 6.07. The third-order valence-corrected chi connectivity index (χ3v) is 3.27. The number of benzene rings is 1. The number of H-pyrrole nitrogens is 1. The SMILES string of the molecule is Cc1ccc2[nH]c(=S)n(CCNC(=O)N(C)C)c2c1. The highest BCUT2D eigenvalue weighted by Gasteiger charge is 2.06. The minimum atomic E-state index is -0.0949. The zero-order valence-corrected chi connectivity index (χ0v) is 12.2. The fourth-order valence-corrected chi connectivity index (χ4v) is 2.22. The maximum atomic E-state index is 11.4. The van der Waals surface area contributed by atoms with Gasteiger partial charge >= 0.3 is 6.03 Å². The minimum Gasteiger partial charge on any atom is -0.336 e. The van der Waals surface area contributed by atoms with Gasteiger partial charge in [-0.3, -0.25) is 0 Å². The first-order valence-electron chi connectivity index (χ1n) is 6.13. The summed E-state index contributed by atoms with van der Waals surface area (Å²) in [4.78, 5) is 16.1. The molecule has 0 spiro atoms. The number of fused-ring (bicyclic) bond motifs is 1. The van der Waals surface area contributed by atoms with Crippen LogP contribution in [-0.4, -0.2) is 41.1 Å². The molecule has 0 bridgehead atoms. The highest BCUT2D eigenvalue weighted by atomic mass is 32.1. The lowest BCUT2D eigenvalue weighted by Gasteiger charge is -2.12. The van der Waals surface area contributed by atoms with Crippen LogP contribution in [0.5, 0.6) is 0 Å². The zero-order chi connectivity index (χ0) is 14.0. The molecule has 1 aromatic heterocycles. The van der Waals surface area contributed by atoms with Gasteiger partial charge in [-0.2, -0.15) is 0 Å². The Bertz CT molecular complexity index is 656. The van der Waals surface area contributed by atoms with Crippen molar-refractivity contribution in [2.75, 3.05) is 20.6 Å². The van der Waals surface area contributed by atoms with Gasteiger partial charge in [0, 0.05) is 27.2 Å². The summed E-state index contributed by atoms with van der Waals surface area (Å²) in [5.41, 5.74) is 3.28. The number of hydrogen-bond donors (Lipinski definition) is 2. The van der Waals surface area contributed by atoms with Gasteiger partial charge in [-0.25, -0.2) is 4.79 Å². The summed E-state index contributed by atoms with van der Waals surface area (Å²) in [5, 5.41) is 2.83. The van der Waals surface area contributed by atoms with E-state index in [1.165, 1.54) is 10.5 Å². The first-order valence-corrected chi connectivity index (χ1v) is 6.54. The van der Waals surface area contributed by atoms with Crippen molar-refractivity contribution in [3.8, 4) is 0 Å². The van der Waals surface area contributed by atoms with Gasteiger partial charge in [0.1, 0.15) is 0 Å². The van der Waals surface area contributed by atoms with Crippen LogP contribution in [0, 0.1) is 11.7 Å². The maximum absolute atomic E-state index is 11.4. The fourth-order valence-electron chi connectivity index (χ4n) is 1.92. The van der Waals surface area contributed by atoms with E-state index < -0.39 is 0 Å². The van der Waals surface area contributed by atoms with E-state index in [9.17, 15) is 4.79 Å². The van der Waals surface area contributed by atoms with Gasteiger partial charge in [0.15, 0.2) is 4.77 Å². The molecule has 5 nitrogen and oxygen atoms in total. The number of nitrogens with one attached hydrogen (secondary N) is 2. The van der Waals surface area contributed by atoms with Crippen LogP contribution >= 0.6 is 12.2 Å². The number of carbonyl (C=O) groups is 1. The molecule has 2 rings (SSSR count). The molecule has 19 heavy (non-hydrogen) atoms. The van der Waals surface area contributed by atoms with Crippen molar-refractivity contribution in [3.05, 3.63) is 28.5 Å². The number of amides is 2. The number of rotatable bonds is 3. The topological polar surface area (TPSA) is 53.1 Å². The van der Waals surface area contributed by atoms with Gasteiger partial charge in [0.25, 0.3) is 0 Å². The largest absolute Gasteiger partial charge is 0.336 e. The molecular weight excluding hydrogens is 260 g/mol. The zero-order valence-electron chi connectivity index (χ0n) is 11.4. The van der Waals surface area contributed by atoms with Crippen LogP contribution in [0.4, 0.5) is 4.79 Å². The van der Waals surface area contributed by atoms with Crippen molar-refractivity contribution >= 4 is 29.3 Å². The number of imidazole rings is 1. The average molecular weight is 278 g/mol. The quantitative estimate of drug-likeness (QED) is 0.846. The minimum absolute atomic E-state index is 0.0949. The summed E-state index contributed by atoms with van der Waals surface area (Å²) in [7, 11) is 3.44. The molecule has 0 aliphatic heterocycles. The lowest BCUT2D eigenvalue weighted by molar-refractivity contribution is 0.217. The molecule has 0 unspecified atom stereocenters. The standard InChI is InChI=1S/C13H18N4OS/c1-9-4-5-10-11(8-9)17(13(19)15-10)7-6-14-12(18)16(2)3/h4-5,8H,6-7H2,1-3H3,(H,14,18)(H,15,19). The second-order valence-electron chi connectivity index (χ2n) is 4.73. The number of aryl methyl sites for hydroxylation is 1. The van der Waals surface area contributed by atoms with Crippen molar-refractivity contribution in [1.82, 2.24) is 19.8 Å². The van der Waals surface area contributed by atoms with E-state index in [1.807, 2.05) is 23.6 Å². The molecule has 0 aliphatic rings. The predicted molar refractivity (Wildman–Crippen MR) is 78.9 cm³/mol. The average Bonchev–Trinajstić information content (AvgIpc) is 2.65. The molecule has 0 radical (unpaired) electrons. The molecule has 102 valence electrons. The number of aromatic amines is 1. The van der Waals surface area contributed by atoms with Crippen LogP contribution in [0.15, 0.2) is 18.2 Å². The smallest absolute Gasteiger partial charge is 0.316 e. The van der Waals surface area contributed by atoms with Gasteiger partial charge in [0.2, 0.25) is 0 Å². The second kappa shape index (κ2) is 5.44. The maximum Gasteiger partial charge on any atom is 0.316 e. The first-order chi connectivity index (χ1) is 8.99. The van der Waals surface area contributed by atoms with E-state index in [4.69, 9.17) is 12.2 Å². The number of carbonyl (C=O) groups excluding carboxylic acids is 1. The van der Waals surface area contributed by atoms with Gasteiger partial charge < -0.3 is 19.8 Å². The van der Waals surface area contributed by atoms with Gasteiger partial charge in [0.05, 0.1) is 11.0 Å². The van der Waals surface area contributed by atoms with Crippen molar-refractivity contribution in [1.29, 1.82) is 0 Å². The van der Waals surface area contributed by atoms with Gasteiger partial charge in [-0.15, -0.1) is 0 Å². The molecule has 1 aromatic carbocycles. The summed E-state index contributed by atoms with van der Waals surface area (Å²) >= 11 is 5.31. The monoisotopic (exact) mass is 278 g/mol. The van der Waals surface area contributed by atoms with E-state index in [0.717, 1.165) is 11.0 Å². The summed E-state index contributed by atoms with van der Waals surface area (Å²) in [5.74, 6) is 0. The van der Waals surface area contributed by atoms with Gasteiger partial charge in [-0.05, 0) is 36.8 Å². The normalized spacial score (nSPS) is 10.7. The molecule has 0 fully saturated rings. The Morgan fingerprint density at radius 1 is 1.47 bits per heavy atom. The molecule has 2 aromatic rings. The van der Waals surface area contributed by atoms with Crippen LogP contribution in [0.1, 0.15) is 5.56 Å². The highest BCUT2D eigenvalue weighted by molar-refractivity contribution is 7.71. The number of nitrogens with zero attached hydrogens (tertiary/aromatic N) is 2. The Morgan fingerprint density at radius 3 is 2.89 bits per heavy atom. The fraction of sp³-hybridized carbons (Fsp3) is 0.385. The molecule has 0 atom stereocenters. The Kier molecular flexibility index (Phi) is 3.90. The molecule has 2 N–H and O–H groups in total. The molecule has 2 amide bonds. The lowest BCUT2D eigenvalue weighted by Crippen LogP contribution is -2.36. The van der Waals surface area contributed by atoms with E-state index >= 15 is 0 Å². The van der Waals surface area contributed by atoms with Crippen LogP contribution in [0.3, 0.4) is 0 Å². The Labute approximate surface area is 117 Å². The van der Waals surface area contributed by atoms with Crippen molar-refractivity contribution in [2.45, 2.75) is 13.5 Å². The lowest BCUT2D eigenvalue weighted by atomic mass is 10.2. The molecule has 1 heterocycles. The van der Waals surface area contributed by atoms with Crippen LogP contribution in [-0.2, 0) is 6.54 Å². The summed E-state index contributed by atoms with van der Waals surface area (Å²) in [6.07, 6.45) is 0. The summed E-state index contributed by atoms with van der Waals surface area (Å²) in [6.45, 7) is 3.25. The molecule has 6 heteroatoms. The van der Waals surface area contributed by atoms with Crippen LogP contribution < -0.4 is 5.32 Å². The first kappa shape index (κ1) is 13.6. The third-order valence-electron chi connectivity index (χ3n) is 2.95. The van der Waals surface area contributed by atoms with E-state index in [1.54, 1.807) is 14.1 Å². The predicted octanol–water partition coefficient (Wildman–Crippen LogP) is 2.28. The highest BCUT2D eigenvalue weighted by Crippen LogP contribution is 2.15. The molecule has 0 saturated heterocycles. The summed E-state index contributed by atoms with van der Waals surface area (Å²) < 4.78 is 2.69. The van der Waals surface area contributed by atoms with E-state index in [-0.39, 0.29) is 6.03 Å². The van der Waals surface area contributed by atoms with Crippen LogP contribution in [0.25, 0.3) is 11.0 Å². The Hall–Kier alpha value is -1.82. The Balaban J connectivity index is 2.16. The van der Waals surface area contributed by atoms with E-state index in [2.05, 4.69) is 16.4 Å². The van der Waals surface area contributed by atoms with Crippen molar-refractivity contribution in [3.63, 3.8) is 0 Å². The number of aromatic nitrogens is 2. The number of urea groups is 1. The molecule has 0 aliphatic carbocycles. The van der Waals surface area contributed by atoms with Crippen LogP contribution in [0.2, 0.25) is 0 Å². The second-order valence-corrected chi connectivity index (χ2v) is 5.12. The molecular formula is C13H18N4OS. The number of hydrogen-bond acceptors (Lipinski definition) is 2. The van der Waals surface area contributed by atoms with E-state index in [0.29, 0.717) is 17.9 Å². The molecule has 0 saturated carbocycles. The van der Waals surface area contributed by atoms with Crippen molar-refractivity contribution in [2.24, 2.45) is 0 Å².